The van der Waals surface area contributed by atoms with Crippen molar-refractivity contribution in [1.82, 2.24) is 9.79 Å². The molecule has 1 N–H and O–H groups in total. The molecule has 1 saturated heterocycles. The second kappa shape index (κ2) is 5.58. The van der Waals surface area contributed by atoms with Crippen molar-refractivity contribution in [2.24, 2.45) is 0 Å². The number of hydrogen-bond donors (Lipinski definition) is 1. The quantitative estimate of drug-likeness (QED) is 0.618. The van der Waals surface area contributed by atoms with E-state index in [4.69, 9.17) is 0 Å². The molecule has 1 heterocycles. The molecule has 1 fully saturated rings. The normalized spacial score (nSPS) is 21.2. The van der Waals surface area contributed by atoms with E-state index in [0.717, 1.165) is 25.4 Å². The van der Waals surface area contributed by atoms with E-state index in [-0.39, 0.29) is 6.16 Å². The van der Waals surface area contributed by atoms with Gasteiger partial charge in [-0.1, -0.05) is 0 Å². The zero-order valence-corrected chi connectivity index (χ0v) is 11.6. The Morgan fingerprint density at radius 1 is 1.33 bits per heavy atom. The van der Waals surface area contributed by atoms with Gasteiger partial charge < -0.3 is 10.5 Å². The Hall–Kier alpha value is 0.0500. The van der Waals surface area contributed by atoms with Gasteiger partial charge in [0.1, 0.15) is 0 Å². The van der Waals surface area contributed by atoms with Gasteiger partial charge in [-0.2, -0.15) is 13.2 Å². The fraction of sp³-hybridized carbons (Fsp3) is 1.00. The molecule has 18 heavy (non-hydrogen) atoms. The Balaban J connectivity index is 2.58. The minimum absolute atomic E-state index is 0.244. The summed E-state index contributed by atoms with van der Waals surface area (Å²) in [5.74, 6) is 0. The Bertz CT molecular complexity index is 382. The predicted octanol–water partition coefficient (Wildman–Crippen LogP) is 0.886. The maximum Gasteiger partial charge on any atom is 0.510 e. The van der Waals surface area contributed by atoms with Gasteiger partial charge in [0.15, 0.2) is 0 Å². The maximum absolute atomic E-state index is 12.1. The number of halogens is 3. The van der Waals surface area contributed by atoms with Crippen LogP contribution >= 0.6 is 7.26 Å². The molecule has 0 atom stereocenters. The third-order valence-electron chi connectivity index (χ3n) is 3.04. The number of hydrogen-bond acceptors (Lipinski definition) is 4. The minimum atomic E-state index is -5.72. The Labute approximate surface area is 105 Å². The SMILES string of the molecule is C[P+]1(CCN([O-])S(=O)(=O)C(F)(F)F)CCNCC1. The van der Waals surface area contributed by atoms with Gasteiger partial charge in [0.2, 0.25) is 0 Å². The first-order valence-corrected chi connectivity index (χ1v) is 9.62. The molecule has 0 saturated carbocycles. The van der Waals surface area contributed by atoms with Crippen LogP contribution in [0.5, 0.6) is 0 Å². The van der Waals surface area contributed by atoms with Crippen molar-refractivity contribution in [1.29, 1.82) is 0 Å². The van der Waals surface area contributed by atoms with Crippen molar-refractivity contribution in [2.75, 3.05) is 44.8 Å². The molecule has 0 aromatic heterocycles. The molecule has 0 spiro atoms. The summed E-state index contributed by atoms with van der Waals surface area (Å²) >= 11 is 0. The number of hydroxylamine groups is 1. The van der Waals surface area contributed by atoms with E-state index in [2.05, 4.69) is 5.32 Å². The summed E-state index contributed by atoms with van der Waals surface area (Å²) in [4.78, 5) is 0. The molecule has 5 nitrogen and oxygen atoms in total. The van der Waals surface area contributed by atoms with Crippen LogP contribution in [0.2, 0.25) is 0 Å². The maximum atomic E-state index is 12.1. The van der Waals surface area contributed by atoms with Crippen LogP contribution in [-0.2, 0) is 10.0 Å². The molecule has 0 aliphatic carbocycles. The van der Waals surface area contributed by atoms with Crippen molar-refractivity contribution in [3.8, 4) is 0 Å². The molecular formula is C8H16F3N2O3PS. The third-order valence-corrected chi connectivity index (χ3v) is 8.23. The molecule has 0 aromatic rings. The summed E-state index contributed by atoms with van der Waals surface area (Å²) in [7, 11) is -7.20. The monoisotopic (exact) mass is 308 g/mol. The van der Waals surface area contributed by atoms with Crippen molar-refractivity contribution >= 4 is 17.3 Å². The molecule has 108 valence electrons. The standard InChI is InChI=1S/C8H16F3N2O3PS/c1-17(5-2-12-3-6-17)7-4-13(14)18(15,16)8(9,10)11/h12H,2-7H2,1H3. The summed E-state index contributed by atoms with van der Waals surface area (Å²) in [6, 6.07) is 0. The summed E-state index contributed by atoms with van der Waals surface area (Å²) in [5, 5.41) is 14.2. The number of nitrogens with one attached hydrogen (secondary N) is 1. The van der Waals surface area contributed by atoms with E-state index >= 15 is 0 Å². The van der Waals surface area contributed by atoms with Crippen LogP contribution < -0.4 is 5.32 Å². The van der Waals surface area contributed by atoms with Crippen molar-refractivity contribution < 1.29 is 21.6 Å². The van der Waals surface area contributed by atoms with Crippen LogP contribution in [0.1, 0.15) is 0 Å². The summed E-state index contributed by atoms with van der Waals surface area (Å²) in [6.45, 7) is 2.90. The highest BCUT2D eigenvalue weighted by Gasteiger charge is 2.47. The first kappa shape index (κ1) is 16.1. The van der Waals surface area contributed by atoms with Gasteiger partial charge in [-0.3, -0.25) is 4.47 Å². The largest absolute Gasteiger partial charge is 0.772 e. The van der Waals surface area contributed by atoms with Crippen molar-refractivity contribution in [3.05, 3.63) is 5.21 Å². The first-order chi connectivity index (χ1) is 8.08. The number of rotatable bonds is 4. The summed E-state index contributed by atoms with van der Waals surface area (Å²) in [6.07, 6.45) is 1.90. The van der Waals surface area contributed by atoms with Crippen molar-refractivity contribution in [2.45, 2.75) is 5.51 Å². The fourth-order valence-corrected chi connectivity index (χ4v) is 5.15. The number of sulfonamides is 1. The smallest absolute Gasteiger partial charge is 0.510 e. The summed E-state index contributed by atoms with van der Waals surface area (Å²) in [5.41, 5.74) is -5.51. The highest BCUT2D eigenvalue weighted by atomic mass is 32.2. The fourth-order valence-electron chi connectivity index (χ4n) is 1.72. The topological polar surface area (TPSA) is 72.5 Å². The van der Waals surface area contributed by atoms with E-state index in [1.54, 1.807) is 0 Å². The van der Waals surface area contributed by atoms with Gasteiger partial charge in [0, 0.05) is 33.6 Å². The Morgan fingerprint density at radius 3 is 2.28 bits per heavy atom. The van der Waals surface area contributed by atoms with Gasteiger partial charge in [0.25, 0.3) is 0 Å². The third kappa shape index (κ3) is 3.77. The number of alkyl halides is 3. The van der Waals surface area contributed by atoms with Crippen LogP contribution in [0, 0.1) is 5.21 Å². The van der Waals surface area contributed by atoms with E-state index in [0.29, 0.717) is 0 Å². The molecule has 0 aromatic carbocycles. The van der Waals surface area contributed by atoms with Gasteiger partial charge in [-0.25, -0.2) is 8.42 Å². The van der Waals surface area contributed by atoms with E-state index in [1.165, 1.54) is 0 Å². The van der Waals surface area contributed by atoms with E-state index in [9.17, 15) is 26.8 Å². The lowest BCUT2D eigenvalue weighted by atomic mass is 10.6. The van der Waals surface area contributed by atoms with Gasteiger partial charge in [-0.05, 0) is 0 Å². The molecule has 1 rings (SSSR count). The van der Waals surface area contributed by atoms with Gasteiger partial charge in [-0.15, -0.1) is 0 Å². The molecule has 1 aliphatic rings. The van der Waals surface area contributed by atoms with Crippen LogP contribution in [-0.4, -0.2) is 63.2 Å². The van der Waals surface area contributed by atoms with Gasteiger partial charge >= 0.3 is 15.5 Å². The zero-order chi connectivity index (χ0) is 14.0. The Morgan fingerprint density at radius 2 is 1.83 bits per heavy atom. The van der Waals surface area contributed by atoms with E-state index < -0.39 is 33.8 Å². The Kier molecular flexibility index (Phi) is 4.99. The molecule has 1 aliphatic heterocycles. The molecule has 0 unspecified atom stereocenters. The molecule has 0 amide bonds. The highest BCUT2D eigenvalue weighted by molar-refractivity contribution is 7.90. The number of nitrogens with zero attached hydrogens (tertiary/aromatic N) is 1. The molecule has 0 radical (unpaired) electrons. The lowest BCUT2D eigenvalue weighted by Crippen LogP contribution is -2.40. The van der Waals surface area contributed by atoms with Crippen LogP contribution in [0.15, 0.2) is 0 Å². The average molecular weight is 308 g/mol. The second-order valence-corrected chi connectivity index (χ2v) is 10.9. The van der Waals surface area contributed by atoms with E-state index in [1.807, 2.05) is 6.66 Å². The van der Waals surface area contributed by atoms with Crippen molar-refractivity contribution in [3.63, 3.8) is 0 Å². The molecule has 10 heteroatoms. The minimum Gasteiger partial charge on any atom is -0.772 e. The van der Waals surface area contributed by atoms with Crippen LogP contribution in [0.4, 0.5) is 13.2 Å². The first-order valence-electron chi connectivity index (χ1n) is 5.39. The second-order valence-electron chi connectivity index (χ2n) is 4.52. The zero-order valence-electron chi connectivity index (χ0n) is 9.90. The van der Waals surface area contributed by atoms with Gasteiger partial charge in [0.05, 0.1) is 18.5 Å². The van der Waals surface area contributed by atoms with Crippen LogP contribution in [0.25, 0.3) is 0 Å². The highest BCUT2D eigenvalue weighted by Crippen LogP contribution is 2.55. The average Bonchev–Trinajstić information content (AvgIpc) is 2.25. The van der Waals surface area contributed by atoms with Crippen LogP contribution in [0.3, 0.4) is 0 Å². The predicted molar refractivity (Wildman–Crippen MR) is 65.4 cm³/mol. The lowest BCUT2D eigenvalue weighted by Gasteiger charge is -2.32. The molecule has 0 bridgehead atoms. The summed E-state index contributed by atoms with van der Waals surface area (Å²) < 4.78 is 57.2. The molecular weight excluding hydrogens is 292 g/mol. The lowest BCUT2D eigenvalue weighted by molar-refractivity contribution is -0.0476.